The minimum absolute atomic E-state index is 0.267. The van der Waals surface area contributed by atoms with Crippen molar-refractivity contribution in [3.8, 4) is 0 Å². The third-order valence-electron chi connectivity index (χ3n) is 1.80. The zero-order valence-electron chi connectivity index (χ0n) is 8.32. The third kappa shape index (κ3) is 8.12. The van der Waals surface area contributed by atoms with Crippen LogP contribution in [0.25, 0.3) is 0 Å². The van der Waals surface area contributed by atoms with Crippen molar-refractivity contribution >= 4 is 17.7 Å². The average Bonchev–Trinajstić information content (AvgIpc) is 2.01. The first kappa shape index (κ1) is 12.8. The normalized spacial score (nSPS) is 15.3. The first-order chi connectivity index (χ1) is 6.06. The summed E-state index contributed by atoms with van der Waals surface area (Å²) < 4.78 is 0. The first-order valence-electron chi connectivity index (χ1n) is 4.63. The van der Waals surface area contributed by atoms with E-state index >= 15 is 0 Å². The molecule has 0 aliphatic carbocycles. The summed E-state index contributed by atoms with van der Waals surface area (Å²) in [5, 5.41) is 9.42. The molecule has 0 spiro atoms. The number of carbonyl (C=O) groups is 1. The molecule has 0 aliphatic heterocycles. The molecule has 4 heteroatoms. The highest BCUT2D eigenvalue weighted by molar-refractivity contribution is 8.00. The van der Waals surface area contributed by atoms with Crippen LogP contribution in [0.15, 0.2) is 0 Å². The highest BCUT2D eigenvalue weighted by atomic mass is 32.2. The Balaban J connectivity index is 3.48. The van der Waals surface area contributed by atoms with Crippen molar-refractivity contribution in [1.29, 1.82) is 0 Å². The quantitative estimate of drug-likeness (QED) is 0.664. The van der Waals surface area contributed by atoms with Gasteiger partial charge < -0.3 is 10.8 Å². The number of carboxylic acids is 1. The van der Waals surface area contributed by atoms with Gasteiger partial charge in [-0.15, -0.1) is 0 Å². The minimum atomic E-state index is -0.709. The number of thioether (sulfide) groups is 1. The zero-order chi connectivity index (χ0) is 10.3. The fraction of sp³-hybridized carbons (Fsp3) is 0.889. The van der Waals surface area contributed by atoms with Crippen molar-refractivity contribution in [2.75, 3.05) is 6.54 Å². The van der Waals surface area contributed by atoms with Crippen LogP contribution in [-0.2, 0) is 4.79 Å². The van der Waals surface area contributed by atoms with Gasteiger partial charge in [0.25, 0.3) is 0 Å². The lowest BCUT2D eigenvalue weighted by Gasteiger charge is -2.15. The van der Waals surface area contributed by atoms with Crippen molar-refractivity contribution in [1.82, 2.24) is 0 Å². The van der Waals surface area contributed by atoms with E-state index in [1.165, 1.54) is 0 Å². The van der Waals surface area contributed by atoms with E-state index in [9.17, 15) is 4.79 Å². The van der Waals surface area contributed by atoms with E-state index in [1.54, 1.807) is 0 Å². The lowest BCUT2D eigenvalue weighted by molar-refractivity contribution is -0.137. The summed E-state index contributed by atoms with van der Waals surface area (Å²) in [7, 11) is 0. The Labute approximate surface area is 84.1 Å². The Bertz CT molecular complexity index is 153. The van der Waals surface area contributed by atoms with Crippen molar-refractivity contribution in [2.45, 2.75) is 43.6 Å². The standard InChI is InChI=1S/C9H19NO2S/c1-7(3-4-9(11)12)13-8(2)5-6-10/h7-8H,3-6,10H2,1-2H3,(H,11,12). The third-order valence-corrected chi connectivity index (χ3v) is 3.20. The second kappa shape index (κ2) is 7.21. The van der Waals surface area contributed by atoms with Gasteiger partial charge >= 0.3 is 5.97 Å². The summed E-state index contributed by atoms with van der Waals surface area (Å²) >= 11 is 1.82. The second-order valence-electron chi connectivity index (χ2n) is 3.27. The van der Waals surface area contributed by atoms with E-state index in [0.717, 1.165) is 12.8 Å². The van der Waals surface area contributed by atoms with E-state index in [1.807, 2.05) is 11.8 Å². The van der Waals surface area contributed by atoms with Gasteiger partial charge in [-0.3, -0.25) is 4.79 Å². The number of hydrogen-bond acceptors (Lipinski definition) is 3. The van der Waals surface area contributed by atoms with Crippen LogP contribution in [0.2, 0.25) is 0 Å². The molecule has 0 saturated carbocycles. The minimum Gasteiger partial charge on any atom is -0.481 e. The fourth-order valence-corrected chi connectivity index (χ4v) is 2.41. The largest absolute Gasteiger partial charge is 0.481 e. The molecule has 2 unspecified atom stereocenters. The smallest absolute Gasteiger partial charge is 0.303 e. The molecule has 0 aliphatic rings. The Kier molecular flexibility index (Phi) is 7.09. The van der Waals surface area contributed by atoms with Gasteiger partial charge in [0.1, 0.15) is 0 Å². The summed E-state index contributed by atoms with van der Waals surface area (Å²) in [6.45, 7) is 4.91. The van der Waals surface area contributed by atoms with E-state index in [2.05, 4.69) is 13.8 Å². The second-order valence-corrected chi connectivity index (χ2v) is 5.15. The maximum atomic E-state index is 10.3. The van der Waals surface area contributed by atoms with Crippen LogP contribution in [-0.4, -0.2) is 28.1 Å². The molecule has 0 aromatic carbocycles. The van der Waals surface area contributed by atoms with E-state index in [4.69, 9.17) is 10.8 Å². The molecule has 0 aromatic heterocycles. The van der Waals surface area contributed by atoms with Gasteiger partial charge in [0.2, 0.25) is 0 Å². The predicted molar refractivity (Wildman–Crippen MR) is 57.1 cm³/mol. The molecule has 0 radical (unpaired) electrons. The van der Waals surface area contributed by atoms with Crippen LogP contribution in [0.4, 0.5) is 0 Å². The summed E-state index contributed by atoms with van der Waals surface area (Å²) in [5.41, 5.74) is 5.42. The van der Waals surface area contributed by atoms with Crippen LogP contribution in [0.5, 0.6) is 0 Å². The molecule has 0 fully saturated rings. The van der Waals surface area contributed by atoms with Gasteiger partial charge in [-0.25, -0.2) is 0 Å². The fourth-order valence-electron chi connectivity index (χ4n) is 1.09. The molecule has 0 rings (SSSR count). The molecule has 2 atom stereocenters. The number of rotatable bonds is 7. The van der Waals surface area contributed by atoms with Crippen molar-refractivity contribution < 1.29 is 9.90 Å². The van der Waals surface area contributed by atoms with Crippen LogP contribution in [0.3, 0.4) is 0 Å². The van der Waals surface area contributed by atoms with Crippen molar-refractivity contribution in [2.24, 2.45) is 5.73 Å². The lowest BCUT2D eigenvalue weighted by Crippen LogP contribution is -2.11. The lowest BCUT2D eigenvalue weighted by atomic mass is 10.2. The summed E-state index contributed by atoms with van der Waals surface area (Å²) in [6, 6.07) is 0. The van der Waals surface area contributed by atoms with Crippen LogP contribution in [0.1, 0.15) is 33.1 Å². The molecule has 78 valence electrons. The van der Waals surface area contributed by atoms with E-state index in [0.29, 0.717) is 17.0 Å². The van der Waals surface area contributed by atoms with Crippen LogP contribution >= 0.6 is 11.8 Å². The summed E-state index contributed by atoms with van der Waals surface area (Å²) in [4.78, 5) is 10.3. The molecule has 0 heterocycles. The first-order valence-corrected chi connectivity index (χ1v) is 5.57. The van der Waals surface area contributed by atoms with Gasteiger partial charge in [-0.2, -0.15) is 11.8 Å². The molecule has 3 N–H and O–H groups in total. The van der Waals surface area contributed by atoms with Crippen molar-refractivity contribution in [3.63, 3.8) is 0 Å². The Morgan fingerprint density at radius 1 is 1.38 bits per heavy atom. The van der Waals surface area contributed by atoms with E-state index < -0.39 is 5.97 Å². The number of aliphatic carboxylic acids is 1. The van der Waals surface area contributed by atoms with Gasteiger partial charge in [0, 0.05) is 16.9 Å². The molecular formula is C9H19NO2S. The predicted octanol–water partition coefficient (Wildman–Crippen LogP) is 1.71. The molecule has 3 nitrogen and oxygen atoms in total. The van der Waals surface area contributed by atoms with Crippen LogP contribution < -0.4 is 5.73 Å². The highest BCUT2D eigenvalue weighted by Crippen LogP contribution is 2.22. The van der Waals surface area contributed by atoms with Gasteiger partial charge in [-0.05, 0) is 19.4 Å². The van der Waals surface area contributed by atoms with Crippen molar-refractivity contribution in [3.05, 3.63) is 0 Å². The molecular weight excluding hydrogens is 186 g/mol. The molecule has 0 saturated heterocycles. The summed E-state index contributed by atoms with van der Waals surface area (Å²) in [6.07, 6.45) is 2.01. The van der Waals surface area contributed by atoms with E-state index in [-0.39, 0.29) is 6.42 Å². The van der Waals surface area contributed by atoms with Gasteiger partial charge in [-0.1, -0.05) is 13.8 Å². The monoisotopic (exact) mass is 205 g/mol. The molecule has 0 amide bonds. The summed E-state index contributed by atoms with van der Waals surface area (Å²) in [5.74, 6) is -0.709. The zero-order valence-corrected chi connectivity index (χ0v) is 9.14. The Hall–Kier alpha value is -0.220. The topological polar surface area (TPSA) is 63.3 Å². The van der Waals surface area contributed by atoms with Gasteiger partial charge in [0.15, 0.2) is 0 Å². The molecule has 0 aromatic rings. The highest BCUT2D eigenvalue weighted by Gasteiger charge is 2.09. The Morgan fingerprint density at radius 2 is 1.92 bits per heavy atom. The number of hydrogen-bond donors (Lipinski definition) is 2. The van der Waals surface area contributed by atoms with Gasteiger partial charge in [0.05, 0.1) is 0 Å². The molecule has 0 bridgehead atoms. The average molecular weight is 205 g/mol. The number of carboxylic acid groups (broad SMARTS) is 1. The maximum absolute atomic E-state index is 10.3. The maximum Gasteiger partial charge on any atom is 0.303 e. The Morgan fingerprint density at radius 3 is 2.38 bits per heavy atom. The SMILES string of the molecule is CC(CCN)SC(C)CCC(=O)O. The number of nitrogens with two attached hydrogens (primary N) is 1. The van der Waals surface area contributed by atoms with Crippen LogP contribution in [0, 0.1) is 0 Å². The molecule has 13 heavy (non-hydrogen) atoms.